The molecule has 0 bridgehead atoms. The number of nitrogens with zero attached hydrogens (tertiary/aromatic N) is 1. The van der Waals surface area contributed by atoms with Gasteiger partial charge in [0.25, 0.3) is 0 Å². The van der Waals surface area contributed by atoms with E-state index in [0.717, 1.165) is 7.48 Å². The van der Waals surface area contributed by atoms with Crippen molar-refractivity contribution in [3.8, 4) is 5.97 Å². The van der Waals surface area contributed by atoms with Crippen molar-refractivity contribution in [2.24, 2.45) is 0 Å². The van der Waals surface area contributed by atoms with E-state index in [1.807, 2.05) is 6.92 Å². The summed E-state index contributed by atoms with van der Waals surface area (Å²) in [6.07, 6.45) is 0. The summed E-state index contributed by atoms with van der Waals surface area (Å²) in [5, 5.41) is 7.77. The third kappa shape index (κ3) is 3.51. The second-order valence-corrected chi connectivity index (χ2v) is 0.702. The van der Waals surface area contributed by atoms with Crippen LogP contribution in [-0.4, -0.2) is 14.1 Å². The third-order valence-corrected chi connectivity index (χ3v) is 0.303. The summed E-state index contributed by atoms with van der Waals surface area (Å²) in [7, 11) is 1.11. The molecule has 0 saturated carbocycles. The van der Waals surface area contributed by atoms with E-state index < -0.39 is 0 Å². The van der Waals surface area contributed by atoms with Crippen LogP contribution in [0.4, 0.5) is 0 Å². The summed E-state index contributed by atoms with van der Waals surface area (Å²) in [4.78, 5) is 0. The zero-order chi connectivity index (χ0) is 4.83. The molecule has 0 rings (SSSR count). The lowest BCUT2D eigenvalue weighted by Crippen LogP contribution is -1.92. The largest absolute Gasteiger partial charge is 0.430 e. The first-order valence-corrected chi connectivity index (χ1v) is 1.74. The van der Waals surface area contributed by atoms with Crippen molar-refractivity contribution in [2.45, 2.75) is 6.92 Å². The maximum Gasteiger partial charge on any atom is 0.430 e. The molecule has 0 N–H and O–H groups in total. The van der Waals surface area contributed by atoms with E-state index in [1.54, 1.807) is 5.97 Å². The molecule has 2 nitrogen and oxygen atoms in total. The molecule has 0 aromatic rings. The van der Waals surface area contributed by atoms with Gasteiger partial charge >= 0.3 is 7.48 Å². The summed E-state index contributed by atoms with van der Waals surface area (Å²) < 4.78 is 4.50. The van der Waals surface area contributed by atoms with Crippen molar-refractivity contribution in [1.82, 2.24) is 0 Å². The summed E-state index contributed by atoms with van der Waals surface area (Å²) >= 11 is 0. The van der Waals surface area contributed by atoms with E-state index in [-0.39, 0.29) is 0 Å². The molecular weight excluding hydrogens is 76.9 g/mol. The molecule has 0 saturated heterocycles. The molecule has 1 radical (unpaired) electrons. The average molecular weight is 81.9 g/mol. The Morgan fingerprint density at radius 1 is 2.00 bits per heavy atom. The van der Waals surface area contributed by atoms with Gasteiger partial charge in [-0.1, -0.05) is 0 Å². The van der Waals surface area contributed by atoms with Gasteiger partial charge in [-0.2, -0.15) is 0 Å². The molecular formula is C3H5BNO. The molecule has 0 atom stereocenters. The molecule has 0 aromatic heterocycles. The van der Waals surface area contributed by atoms with Crippen LogP contribution in [-0.2, 0) is 4.65 Å². The summed E-state index contributed by atoms with van der Waals surface area (Å²) in [6.45, 7) is 2.40. The fourth-order valence-electron chi connectivity index (χ4n) is 0.121. The topological polar surface area (TPSA) is 33.0 Å². The molecule has 0 aromatic carbocycles. The van der Waals surface area contributed by atoms with E-state index in [9.17, 15) is 0 Å². The van der Waals surface area contributed by atoms with Gasteiger partial charge in [0.15, 0.2) is 0 Å². The van der Waals surface area contributed by atoms with Crippen LogP contribution in [0.15, 0.2) is 0 Å². The van der Waals surface area contributed by atoms with Crippen molar-refractivity contribution in [3.63, 3.8) is 0 Å². The van der Waals surface area contributed by atoms with Crippen molar-refractivity contribution in [2.75, 3.05) is 6.61 Å². The van der Waals surface area contributed by atoms with E-state index in [2.05, 4.69) is 4.65 Å². The smallest absolute Gasteiger partial charge is 0.426 e. The first-order valence-electron chi connectivity index (χ1n) is 1.74. The lowest BCUT2D eigenvalue weighted by molar-refractivity contribution is 0.367. The van der Waals surface area contributed by atoms with E-state index in [1.165, 1.54) is 0 Å². The minimum Gasteiger partial charge on any atom is -0.426 e. The molecule has 0 amide bonds. The SMILES string of the molecule is CCO[B]C#N. The first-order chi connectivity index (χ1) is 2.91. The molecule has 3 heteroatoms. The minimum atomic E-state index is 0.577. The highest BCUT2D eigenvalue weighted by molar-refractivity contribution is 6.37. The van der Waals surface area contributed by atoms with Gasteiger partial charge in [-0.05, 0) is 6.92 Å². The Morgan fingerprint density at radius 2 is 2.67 bits per heavy atom. The number of hydrogen-bond acceptors (Lipinski definition) is 2. The van der Waals surface area contributed by atoms with Crippen LogP contribution >= 0.6 is 0 Å². The van der Waals surface area contributed by atoms with Crippen LogP contribution in [0.25, 0.3) is 0 Å². The average Bonchev–Trinajstić information content (AvgIpc) is 1.61. The lowest BCUT2D eigenvalue weighted by atomic mass is 10.1. The molecule has 6 heavy (non-hydrogen) atoms. The standard InChI is InChI=1S/C3H5BNO/c1-2-6-4-3-5/h2H2,1H3. The van der Waals surface area contributed by atoms with Gasteiger partial charge in [-0.3, -0.25) is 0 Å². The molecule has 31 valence electrons. The molecule has 0 aliphatic carbocycles. The highest BCUT2D eigenvalue weighted by atomic mass is 16.4. The quantitative estimate of drug-likeness (QED) is 0.350. The van der Waals surface area contributed by atoms with Gasteiger partial charge in [-0.25, -0.2) is 5.26 Å². The summed E-state index contributed by atoms with van der Waals surface area (Å²) in [5.41, 5.74) is 0. The molecule has 0 aliphatic rings. The Morgan fingerprint density at radius 3 is 2.83 bits per heavy atom. The minimum absolute atomic E-state index is 0.577. The zero-order valence-electron chi connectivity index (χ0n) is 3.64. The van der Waals surface area contributed by atoms with Gasteiger partial charge in [-0.15, -0.1) is 0 Å². The van der Waals surface area contributed by atoms with Crippen LogP contribution < -0.4 is 0 Å². The Kier molecular flexibility index (Phi) is 4.15. The van der Waals surface area contributed by atoms with Gasteiger partial charge in [0, 0.05) is 12.6 Å². The van der Waals surface area contributed by atoms with Gasteiger partial charge in [0.05, 0.1) is 0 Å². The number of nitriles is 1. The normalized spacial score (nSPS) is 6.67. The molecule has 0 fully saturated rings. The Labute approximate surface area is 38.0 Å². The third-order valence-electron chi connectivity index (χ3n) is 0.303. The lowest BCUT2D eigenvalue weighted by Gasteiger charge is -1.82. The monoisotopic (exact) mass is 82.0 g/mol. The molecule has 0 spiro atoms. The Hall–Kier alpha value is -0.485. The summed E-state index contributed by atoms with van der Waals surface area (Å²) in [5.74, 6) is 1.72. The predicted octanol–water partition coefficient (Wildman–Crippen LogP) is 0.123. The van der Waals surface area contributed by atoms with Crippen molar-refractivity contribution in [3.05, 3.63) is 0 Å². The fraction of sp³-hybridized carbons (Fsp3) is 0.667. The molecule has 0 unspecified atom stereocenters. The van der Waals surface area contributed by atoms with Crippen molar-refractivity contribution in [1.29, 1.82) is 5.26 Å². The van der Waals surface area contributed by atoms with Gasteiger partial charge in [0.2, 0.25) is 0 Å². The predicted molar refractivity (Wildman–Crippen MR) is 23.0 cm³/mol. The highest BCUT2D eigenvalue weighted by Crippen LogP contribution is 1.61. The molecule has 0 heterocycles. The first kappa shape index (κ1) is 5.51. The fourth-order valence-corrected chi connectivity index (χ4v) is 0.121. The van der Waals surface area contributed by atoms with Crippen LogP contribution in [0.2, 0.25) is 0 Å². The second-order valence-electron chi connectivity index (χ2n) is 0.702. The molecule has 0 aliphatic heterocycles. The van der Waals surface area contributed by atoms with Crippen LogP contribution in [0.1, 0.15) is 6.92 Å². The second kappa shape index (κ2) is 4.51. The summed E-state index contributed by atoms with van der Waals surface area (Å²) in [6, 6.07) is 0. The highest BCUT2D eigenvalue weighted by Gasteiger charge is 1.79. The van der Waals surface area contributed by atoms with Crippen LogP contribution in [0, 0.1) is 11.2 Å². The number of hydrogen-bond donors (Lipinski definition) is 0. The van der Waals surface area contributed by atoms with Crippen LogP contribution in [0.3, 0.4) is 0 Å². The Bertz CT molecular complexity index is 58.3. The Balaban J connectivity index is 2.54. The maximum atomic E-state index is 7.77. The van der Waals surface area contributed by atoms with Crippen molar-refractivity contribution < 1.29 is 4.65 Å². The van der Waals surface area contributed by atoms with Crippen molar-refractivity contribution >= 4 is 7.48 Å². The van der Waals surface area contributed by atoms with E-state index in [0.29, 0.717) is 6.61 Å². The van der Waals surface area contributed by atoms with E-state index in [4.69, 9.17) is 5.26 Å². The van der Waals surface area contributed by atoms with Crippen LogP contribution in [0.5, 0.6) is 0 Å². The maximum absolute atomic E-state index is 7.77. The van der Waals surface area contributed by atoms with Gasteiger partial charge in [0.1, 0.15) is 0 Å². The number of rotatable bonds is 2. The van der Waals surface area contributed by atoms with E-state index >= 15 is 0 Å². The zero-order valence-corrected chi connectivity index (χ0v) is 3.64. The van der Waals surface area contributed by atoms with Gasteiger partial charge < -0.3 is 4.65 Å².